The highest BCUT2D eigenvalue weighted by Crippen LogP contribution is 2.53. The van der Waals surface area contributed by atoms with E-state index in [2.05, 4.69) is 25.7 Å². The number of anilines is 2. The van der Waals surface area contributed by atoms with Crippen molar-refractivity contribution in [3.05, 3.63) is 46.4 Å². The van der Waals surface area contributed by atoms with Crippen LogP contribution in [0.15, 0.2) is 35.7 Å². The van der Waals surface area contributed by atoms with Gasteiger partial charge >= 0.3 is 0 Å². The molecule has 2 unspecified atom stereocenters. The van der Waals surface area contributed by atoms with E-state index < -0.39 is 0 Å². The molecule has 5 nitrogen and oxygen atoms in total. The van der Waals surface area contributed by atoms with Gasteiger partial charge in [0.1, 0.15) is 5.82 Å². The number of hydrogen-bond acceptors (Lipinski definition) is 5. The van der Waals surface area contributed by atoms with E-state index in [1.165, 1.54) is 43.6 Å². The molecule has 3 heterocycles. The number of carbonyl (C=O) groups is 1. The maximum Gasteiger partial charge on any atom is 0.268 e. The number of hydrogen-bond donors (Lipinski definition) is 0. The number of rotatable bonds is 7. The standard InChI is InChI=1S/C32H44FN3O2S/c1-32(2,3)23-8-6-22(7-9-23)18-34-19-25-26(20-34)27(25)21-36(31(37)30-5-4-16-39-30)24-10-11-29(28(33)17-24)35-12-14-38-15-13-35/h4-5,10-11,16-17,22-23,25-27H,6-9,12-15,18-21H2,1-3H3. The molecule has 1 amide bonds. The molecule has 0 N–H and O–H groups in total. The van der Waals surface area contributed by atoms with Crippen LogP contribution in [-0.2, 0) is 4.74 Å². The van der Waals surface area contributed by atoms with Crippen LogP contribution in [0, 0.1) is 40.8 Å². The van der Waals surface area contributed by atoms with Crippen molar-refractivity contribution < 1.29 is 13.9 Å². The highest BCUT2D eigenvalue weighted by Gasteiger charge is 2.56. The van der Waals surface area contributed by atoms with Crippen molar-refractivity contribution >= 4 is 28.6 Å². The first-order valence-corrected chi connectivity index (χ1v) is 15.9. The third kappa shape index (κ3) is 5.91. The van der Waals surface area contributed by atoms with Crippen LogP contribution in [0.4, 0.5) is 15.8 Å². The number of fused-ring (bicyclic) bond motifs is 1. The van der Waals surface area contributed by atoms with Gasteiger partial charge in [0.2, 0.25) is 0 Å². The van der Waals surface area contributed by atoms with Gasteiger partial charge in [0, 0.05) is 45.0 Å². The normalized spacial score (nSPS) is 29.3. The van der Waals surface area contributed by atoms with E-state index in [4.69, 9.17) is 4.74 Å². The van der Waals surface area contributed by atoms with Gasteiger partial charge in [0.05, 0.1) is 23.8 Å². The van der Waals surface area contributed by atoms with Crippen molar-refractivity contribution in [3.63, 3.8) is 0 Å². The number of carbonyl (C=O) groups excluding carboxylic acids is 1. The Balaban J connectivity index is 1.08. The summed E-state index contributed by atoms with van der Waals surface area (Å²) in [6, 6.07) is 9.13. The van der Waals surface area contributed by atoms with Gasteiger partial charge in [-0.25, -0.2) is 4.39 Å². The molecule has 2 atom stereocenters. The van der Waals surface area contributed by atoms with Crippen molar-refractivity contribution in [1.29, 1.82) is 0 Å². The van der Waals surface area contributed by atoms with Crippen LogP contribution in [0.5, 0.6) is 0 Å². The van der Waals surface area contributed by atoms with Gasteiger partial charge < -0.3 is 19.4 Å². The molecule has 2 saturated heterocycles. The zero-order valence-corrected chi connectivity index (χ0v) is 24.6. The Morgan fingerprint density at radius 1 is 1.08 bits per heavy atom. The zero-order valence-electron chi connectivity index (χ0n) is 23.8. The van der Waals surface area contributed by atoms with Gasteiger partial charge in [-0.15, -0.1) is 11.3 Å². The summed E-state index contributed by atoms with van der Waals surface area (Å²) in [6.45, 7) is 14.0. The molecular weight excluding hydrogens is 509 g/mol. The fourth-order valence-electron chi connectivity index (χ4n) is 7.51. The van der Waals surface area contributed by atoms with Gasteiger partial charge in [-0.2, -0.15) is 0 Å². The Hall–Kier alpha value is -1.96. The molecule has 0 radical (unpaired) electrons. The predicted octanol–water partition coefficient (Wildman–Crippen LogP) is 6.40. The van der Waals surface area contributed by atoms with Crippen LogP contribution in [0.1, 0.15) is 56.1 Å². The summed E-state index contributed by atoms with van der Waals surface area (Å²) in [6.07, 6.45) is 5.48. The average molecular weight is 554 g/mol. The summed E-state index contributed by atoms with van der Waals surface area (Å²) in [7, 11) is 0. The first kappa shape index (κ1) is 27.2. The number of halogens is 1. The molecule has 0 spiro atoms. The molecule has 2 saturated carbocycles. The number of amides is 1. The molecule has 0 bridgehead atoms. The lowest BCUT2D eigenvalue weighted by Gasteiger charge is -2.38. The summed E-state index contributed by atoms with van der Waals surface area (Å²) in [5.74, 6) is 3.25. The molecule has 1 aromatic heterocycles. The molecule has 4 fully saturated rings. The van der Waals surface area contributed by atoms with Crippen LogP contribution < -0.4 is 9.80 Å². The molecule has 2 aliphatic heterocycles. The highest BCUT2D eigenvalue weighted by molar-refractivity contribution is 7.12. The number of nitrogens with zero attached hydrogens (tertiary/aromatic N) is 3. The summed E-state index contributed by atoms with van der Waals surface area (Å²) in [5.41, 5.74) is 1.70. The van der Waals surface area contributed by atoms with Gasteiger partial charge in [0.25, 0.3) is 5.91 Å². The number of ether oxygens (including phenoxy) is 1. The zero-order chi connectivity index (χ0) is 27.1. The van der Waals surface area contributed by atoms with E-state index >= 15 is 4.39 Å². The van der Waals surface area contributed by atoms with E-state index in [1.54, 1.807) is 6.07 Å². The Labute approximate surface area is 237 Å². The monoisotopic (exact) mass is 553 g/mol. The van der Waals surface area contributed by atoms with Crippen molar-refractivity contribution in [2.75, 3.05) is 62.3 Å². The molecule has 39 heavy (non-hydrogen) atoms. The maximum atomic E-state index is 15.3. The average Bonchev–Trinajstić information content (AvgIpc) is 3.29. The van der Waals surface area contributed by atoms with Gasteiger partial charge in [-0.05, 0) is 90.3 Å². The minimum absolute atomic E-state index is 0.0130. The largest absolute Gasteiger partial charge is 0.378 e. The Morgan fingerprint density at radius 3 is 2.41 bits per heavy atom. The molecule has 1 aromatic carbocycles. The molecule has 7 heteroatoms. The molecule has 6 rings (SSSR count). The van der Waals surface area contributed by atoms with Crippen molar-refractivity contribution in [3.8, 4) is 0 Å². The van der Waals surface area contributed by atoms with E-state index in [-0.39, 0.29) is 11.7 Å². The summed E-state index contributed by atoms with van der Waals surface area (Å²) in [4.78, 5) is 20.9. The smallest absolute Gasteiger partial charge is 0.268 e. The van der Waals surface area contributed by atoms with Crippen LogP contribution in [0.3, 0.4) is 0 Å². The molecule has 2 aliphatic carbocycles. The second-order valence-corrected chi connectivity index (χ2v) is 14.4. The molecule has 4 aliphatic rings. The van der Waals surface area contributed by atoms with E-state index in [1.807, 2.05) is 39.4 Å². The van der Waals surface area contributed by atoms with Gasteiger partial charge in [0.15, 0.2) is 0 Å². The third-order valence-corrected chi connectivity index (χ3v) is 10.9. The quantitative estimate of drug-likeness (QED) is 0.398. The molecular formula is C32H44FN3O2S. The van der Waals surface area contributed by atoms with E-state index in [9.17, 15) is 4.79 Å². The fourth-order valence-corrected chi connectivity index (χ4v) is 8.18. The van der Waals surface area contributed by atoms with Crippen LogP contribution >= 0.6 is 11.3 Å². The maximum absolute atomic E-state index is 15.3. The lowest BCUT2D eigenvalue weighted by Crippen LogP contribution is -2.38. The van der Waals surface area contributed by atoms with Crippen LogP contribution in [-0.4, -0.2) is 63.3 Å². The number of morpholine rings is 1. The summed E-state index contributed by atoms with van der Waals surface area (Å²) < 4.78 is 20.8. The second kappa shape index (κ2) is 11.1. The Kier molecular flexibility index (Phi) is 7.77. The Morgan fingerprint density at radius 2 is 1.79 bits per heavy atom. The molecule has 212 valence electrons. The summed E-state index contributed by atoms with van der Waals surface area (Å²) in [5, 5.41) is 1.94. The minimum Gasteiger partial charge on any atom is -0.378 e. The van der Waals surface area contributed by atoms with Crippen molar-refractivity contribution in [2.45, 2.75) is 46.5 Å². The number of thiophene rings is 1. The SMILES string of the molecule is CC(C)(C)C1CCC(CN2CC3C(C2)C3CN(C(=O)c2cccs2)c2ccc(N3CCOCC3)c(F)c2)CC1. The topological polar surface area (TPSA) is 36.0 Å². The minimum atomic E-state index is -0.262. The predicted molar refractivity (Wildman–Crippen MR) is 157 cm³/mol. The number of likely N-dealkylation sites (tertiary alicyclic amines) is 1. The first-order valence-electron chi connectivity index (χ1n) is 15.0. The number of benzene rings is 1. The lowest BCUT2D eigenvalue weighted by molar-refractivity contribution is 0.0987. The Bertz CT molecular complexity index is 1120. The second-order valence-electron chi connectivity index (χ2n) is 13.4. The highest BCUT2D eigenvalue weighted by atomic mass is 32.1. The van der Waals surface area contributed by atoms with Gasteiger partial charge in [-0.1, -0.05) is 26.8 Å². The fraction of sp³-hybridized carbons (Fsp3) is 0.656. The van der Waals surface area contributed by atoms with Crippen molar-refractivity contribution in [1.82, 2.24) is 4.90 Å². The van der Waals surface area contributed by atoms with E-state index in [0.717, 1.165) is 24.9 Å². The third-order valence-electron chi connectivity index (χ3n) is 10.0. The van der Waals surface area contributed by atoms with Crippen LogP contribution in [0.2, 0.25) is 0 Å². The van der Waals surface area contributed by atoms with Crippen molar-refractivity contribution in [2.24, 2.45) is 35.0 Å². The lowest BCUT2D eigenvalue weighted by atomic mass is 9.70. The van der Waals surface area contributed by atoms with E-state index in [0.29, 0.717) is 72.3 Å². The molecule has 2 aromatic rings. The van der Waals surface area contributed by atoms with Crippen LogP contribution in [0.25, 0.3) is 0 Å². The first-order chi connectivity index (χ1) is 18.8. The number of piperidine rings is 1. The van der Waals surface area contributed by atoms with Gasteiger partial charge in [-0.3, -0.25) is 4.79 Å². The summed E-state index contributed by atoms with van der Waals surface area (Å²) >= 11 is 1.46.